The van der Waals surface area contributed by atoms with Gasteiger partial charge in [-0.2, -0.15) is 0 Å². The van der Waals surface area contributed by atoms with Crippen LogP contribution in [0.1, 0.15) is 27.7 Å². The van der Waals surface area contributed by atoms with E-state index < -0.39 is 0 Å². The molecular formula is C26H26O2. The molecule has 0 saturated heterocycles. The molecule has 4 rings (SSSR count). The molecule has 0 radical (unpaired) electrons. The Morgan fingerprint density at radius 3 is 1.68 bits per heavy atom. The van der Waals surface area contributed by atoms with Crippen LogP contribution in [0.5, 0.6) is 11.5 Å². The quantitative estimate of drug-likeness (QED) is 0.377. The van der Waals surface area contributed by atoms with E-state index in [-0.39, 0.29) is 5.60 Å². The topological polar surface area (TPSA) is 18.5 Å². The number of benzene rings is 4. The molecule has 4 aromatic rings. The van der Waals surface area contributed by atoms with Crippen molar-refractivity contribution in [1.29, 1.82) is 0 Å². The molecule has 0 aliphatic carbocycles. The second-order valence-corrected chi connectivity index (χ2v) is 7.97. The molecule has 142 valence electrons. The molecule has 0 spiro atoms. The molecule has 0 bridgehead atoms. The van der Waals surface area contributed by atoms with Gasteiger partial charge in [-0.25, -0.2) is 0 Å². The standard InChI is InChI=1S/C26H26O2/c1-5-27-22-16-14-18-10-6-8-12-20(18)24(22)25-21-13-9-7-11-19(21)15-17-23(25)28-26(2,3)4/h6-17H,5H2,1-4H3. The zero-order valence-electron chi connectivity index (χ0n) is 17.0. The Labute approximate surface area is 166 Å². The third kappa shape index (κ3) is 3.43. The first-order chi connectivity index (χ1) is 13.5. The minimum absolute atomic E-state index is 0.298. The van der Waals surface area contributed by atoms with Crippen molar-refractivity contribution in [2.45, 2.75) is 33.3 Å². The third-order valence-corrected chi connectivity index (χ3v) is 4.75. The van der Waals surface area contributed by atoms with Gasteiger partial charge >= 0.3 is 0 Å². The molecule has 0 fully saturated rings. The van der Waals surface area contributed by atoms with Gasteiger partial charge in [0.05, 0.1) is 6.61 Å². The Hall–Kier alpha value is -3.00. The smallest absolute Gasteiger partial charge is 0.128 e. The molecule has 4 aromatic carbocycles. The van der Waals surface area contributed by atoms with Crippen LogP contribution in [0.4, 0.5) is 0 Å². The van der Waals surface area contributed by atoms with Crippen LogP contribution >= 0.6 is 0 Å². The molecule has 0 saturated carbocycles. The van der Waals surface area contributed by atoms with Gasteiger partial charge in [0.25, 0.3) is 0 Å². The summed E-state index contributed by atoms with van der Waals surface area (Å²) in [4.78, 5) is 0. The summed E-state index contributed by atoms with van der Waals surface area (Å²) in [7, 11) is 0. The second kappa shape index (κ2) is 7.20. The van der Waals surface area contributed by atoms with Gasteiger partial charge in [-0.1, -0.05) is 60.7 Å². The van der Waals surface area contributed by atoms with Crippen molar-refractivity contribution < 1.29 is 9.47 Å². The first-order valence-corrected chi connectivity index (χ1v) is 9.83. The highest BCUT2D eigenvalue weighted by molar-refractivity contribution is 6.09. The van der Waals surface area contributed by atoms with Gasteiger partial charge in [-0.05, 0) is 61.4 Å². The van der Waals surface area contributed by atoms with Gasteiger partial charge in [0.1, 0.15) is 17.1 Å². The lowest BCUT2D eigenvalue weighted by Gasteiger charge is -2.25. The van der Waals surface area contributed by atoms with Crippen LogP contribution in [0.15, 0.2) is 72.8 Å². The lowest BCUT2D eigenvalue weighted by molar-refractivity contribution is 0.132. The summed E-state index contributed by atoms with van der Waals surface area (Å²) >= 11 is 0. The van der Waals surface area contributed by atoms with Crippen LogP contribution in [0.2, 0.25) is 0 Å². The van der Waals surface area contributed by atoms with E-state index in [0.717, 1.165) is 22.6 Å². The van der Waals surface area contributed by atoms with Crippen LogP contribution in [-0.2, 0) is 0 Å². The molecule has 28 heavy (non-hydrogen) atoms. The second-order valence-electron chi connectivity index (χ2n) is 7.97. The number of rotatable bonds is 4. The predicted molar refractivity (Wildman–Crippen MR) is 118 cm³/mol. The monoisotopic (exact) mass is 370 g/mol. The zero-order valence-corrected chi connectivity index (χ0v) is 17.0. The molecule has 0 heterocycles. The molecule has 0 amide bonds. The average molecular weight is 370 g/mol. The van der Waals surface area contributed by atoms with Crippen molar-refractivity contribution in [3.05, 3.63) is 72.8 Å². The van der Waals surface area contributed by atoms with E-state index in [1.807, 2.05) is 6.92 Å². The van der Waals surface area contributed by atoms with Crippen LogP contribution < -0.4 is 9.47 Å². The van der Waals surface area contributed by atoms with E-state index in [4.69, 9.17) is 9.47 Å². The van der Waals surface area contributed by atoms with Gasteiger partial charge in [-0.15, -0.1) is 0 Å². The van der Waals surface area contributed by atoms with Crippen molar-refractivity contribution in [2.75, 3.05) is 6.61 Å². The average Bonchev–Trinajstić information content (AvgIpc) is 2.67. The molecule has 0 aliphatic rings. The zero-order chi connectivity index (χ0) is 19.7. The lowest BCUT2D eigenvalue weighted by Crippen LogP contribution is -2.23. The summed E-state index contributed by atoms with van der Waals surface area (Å²) in [6.07, 6.45) is 0. The SMILES string of the molecule is CCOc1ccc2ccccc2c1-c1c(OC(C)(C)C)ccc2ccccc12. The van der Waals surface area contributed by atoms with E-state index in [9.17, 15) is 0 Å². The minimum atomic E-state index is -0.298. The van der Waals surface area contributed by atoms with Crippen molar-refractivity contribution >= 4 is 21.5 Å². The number of ether oxygens (including phenoxy) is 2. The lowest BCUT2D eigenvalue weighted by atomic mass is 9.92. The Kier molecular flexibility index (Phi) is 4.72. The fourth-order valence-corrected chi connectivity index (χ4v) is 3.71. The molecule has 0 aliphatic heterocycles. The molecular weight excluding hydrogens is 344 g/mol. The molecule has 0 N–H and O–H groups in total. The summed E-state index contributed by atoms with van der Waals surface area (Å²) in [6.45, 7) is 8.88. The highest BCUT2D eigenvalue weighted by Crippen LogP contribution is 2.46. The first-order valence-electron chi connectivity index (χ1n) is 9.83. The Morgan fingerprint density at radius 2 is 1.14 bits per heavy atom. The van der Waals surface area contributed by atoms with E-state index in [1.165, 1.54) is 21.5 Å². The molecule has 2 nitrogen and oxygen atoms in total. The minimum Gasteiger partial charge on any atom is -0.493 e. The van der Waals surface area contributed by atoms with Crippen molar-refractivity contribution in [3.8, 4) is 22.6 Å². The van der Waals surface area contributed by atoms with Crippen LogP contribution in [0, 0.1) is 0 Å². The van der Waals surface area contributed by atoms with E-state index >= 15 is 0 Å². The van der Waals surface area contributed by atoms with Crippen LogP contribution in [0.25, 0.3) is 32.7 Å². The van der Waals surface area contributed by atoms with Gasteiger partial charge in [0, 0.05) is 11.1 Å². The maximum Gasteiger partial charge on any atom is 0.128 e. The highest BCUT2D eigenvalue weighted by Gasteiger charge is 2.21. The van der Waals surface area contributed by atoms with Crippen molar-refractivity contribution in [1.82, 2.24) is 0 Å². The van der Waals surface area contributed by atoms with Gasteiger partial charge in [0.2, 0.25) is 0 Å². The van der Waals surface area contributed by atoms with Crippen molar-refractivity contribution in [3.63, 3.8) is 0 Å². The molecule has 2 heteroatoms. The molecule has 0 unspecified atom stereocenters. The third-order valence-electron chi connectivity index (χ3n) is 4.75. The van der Waals surface area contributed by atoms with E-state index in [0.29, 0.717) is 6.61 Å². The van der Waals surface area contributed by atoms with Gasteiger partial charge in [-0.3, -0.25) is 0 Å². The summed E-state index contributed by atoms with van der Waals surface area (Å²) in [5.41, 5.74) is 1.89. The van der Waals surface area contributed by atoms with E-state index in [2.05, 4.69) is 93.6 Å². The van der Waals surface area contributed by atoms with Gasteiger partial charge in [0.15, 0.2) is 0 Å². The Morgan fingerprint density at radius 1 is 0.643 bits per heavy atom. The Bertz CT molecular complexity index is 1140. The summed E-state index contributed by atoms with van der Waals surface area (Å²) in [5, 5.41) is 4.72. The largest absolute Gasteiger partial charge is 0.493 e. The molecule has 0 atom stereocenters. The summed E-state index contributed by atoms with van der Waals surface area (Å²) < 4.78 is 12.5. The fourth-order valence-electron chi connectivity index (χ4n) is 3.71. The first kappa shape index (κ1) is 18.4. The molecule has 0 aromatic heterocycles. The number of fused-ring (bicyclic) bond motifs is 2. The van der Waals surface area contributed by atoms with Crippen molar-refractivity contribution in [2.24, 2.45) is 0 Å². The predicted octanol–water partition coefficient (Wildman–Crippen LogP) is 7.24. The Balaban J connectivity index is 2.13. The van der Waals surface area contributed by atoms with E-state index in [1.54, 1.807) is 0 Å². The summed E-state index contributed by atoms with van der Waals surface area (Å²) in [5.74, 6) is 1.76. The van der Waals surface area contributed by atoms with Crippen LogP contribution in [0.3, 0.4) is 0 Å². The number of hydrogen-bond acceptors (Lipinski definition) is 2. The fraction of sp³-hybridized carbons (Fsp3) is 0.231. The normalized spacial score (nSPS) is 11.7. The van der Waals surface area contributed by atoms with Crippen LogP contribution in [-0.4, -0.2) is 12.2 Å². The maximum atomic E-state index is 6.42. The highest BCUT2D eigenvalue weighted by atomic mass is 16.5. The maximum absolute atomic E-state index is 6.42. The summed E-state index contributed by atoms with van der Waals surface area (Å²) in [6, 6.07) is 25.3. The van der Waals surface area contributed by atoms with Gasteiger partial charge < -0.3 is 9.47 Å². The number of hydrogen-bond donors (Lipinski definition) is 0.